The van der Waals surface area contributed by atoms with Crippen LogP contribution in [0.5, 0.6) is 11.5 Å². The second kappa shape index (κ2) is 6.21. The minimum atomic E-state index is -0.348. The van der Waals surface area contributed by atoms with Gasteiger partial charge in [0.25, 0.3) is 0 Å². The van der Waals surface area contributed by atoms with Crippen molar-refractivity contribution in [2.75, 3.05) is 6.79 Å². The number of nitrogens with zero attached hydrogens (tertiary/aromatic N) is 1. The van der Waals surface area contributed by atoms with Gasteiger partial charge in [0.05, 0.1) is 16.8 Å². The van der Waals surface area contributed by atoms with E-state index in [9.17, 15) is 4.79 Å². The van der Waals surface area contributed by atoms with E-state index in [-0.39, 0.29) is 18.0 Å². The molecule has 0 atom stereocenters. The third-order valence-corrected chi connectivity index (χ3v) is 6.40. The summed E-state index contributed by atoms with van der Waals surface area (Å²) in [4.78, 5) is 18.2. The van der Waals surface area contributed by atoms with E-state index in [0.717, 1.165) is 41.7 Å². The Morgan fingerprint density at radius 1 is 0.897 bits per heavy atom. The number of aliphatic imine (C=N–C) groups is 1. The van der Waals surface area contributed by atoms with E-state index >= 15 is 0 Å². The normalized spacial score (nSPS) is 19.2. The molecule has 2 aromatic carbocycles. The lowest BCUT2D eigenvalue weighted by Gasteiger charge is -2.38. The Morgan fingerprint density at radius 2 is 1.69 bits per heavy atom. The molecule has 5 nitrogen and oxygen atoms in total. The summed E-state index contributed by atoms with van der Waals surface area (Å²) >= 11 is 0. The fourth-order valence-corrected chi connectivity index (χ4v) is 4.97. The minimum absolute atomic E-state index is 0.146. The number of ether oxygens (including phenoxy) is 2. The van der Waals surface area contributed by atoms with Gasteiger partial charge < -0.3 is 13.9 Å². The lowest BCUT2D eigenvalue weighted by molar-refractivity contribution is 0.174. The van der Waals surface area contributed by atoms with Crippen molar-refractivity contribution in [1.29, 1.82) is 0 Å². The highest BCUT2D eigenvalue weighted by atomic mass is 16.7. The maximum absolute atomic E-state index is 12.9. The Morgan fingerprint density at radius 3 is 2.55 bits per heavy atom. The van der Waals surface area contributed by atoms with Crippen molar-refractivity contribution in [1.82, 2.24) is 0 Å². The van der Waals surface area contributed by atoms with Gasteiger partial charge in [-0.1, -0.05) is 37.5 Å². The van der Waals surface area contributed by atoms with E-state index < -0.39 is 0 Å². The van der Waals surface area contributed by atoms with Crippen LogP contribution in [-0.2, 0) is 6.42 Å². The number of rotatable bonds is 1. The van der Waals surface area contributed by atoms with Gasteiger partial charge in [-0.2, -0.15) is 0 Å². The van der Waals surface area contributed by atoms with E-state index in [0.29, 0.717) is 16.9 Å². The SMILES string of the molecule is O=c1oc2ccccc2cc1C1=NC2(CCCCC2)Cc2cc3c(cc21)OCO3. The number of fused-ring (bicyclic) bond motifs is 3. The zero-order chi connectivity index (χ0) is 19.4. The average molecular weight is 387 g/mol. The summed E-state index contributed by atoms with van der Waals surface area (Å²) in [6.45, 7) is 0.230. The molecule has 3 aromatic rings. The summed E-state index contributed by atoms with van der Waals surface area (Å²) in [5, 5.41) is 0.898. The lowest BCUT2D eigenvalue weighted by atomic mass is 9.74. The topological polar surface area (TPSA) is 61.0 Å². The van der Waals surface area contributed by atoms with Gasteiger partial charge >= 0.3 is 5.63 Å². The van der Waals surface area contributed by atoms with Crippen LogP contribution in [0.15, 0.2) is 56.7 Å². The average Bonchev–Trinajstić information content (AvgIpc) is 3.19. The van der Waals surface area contributed by atoms with Gasteiger partial charge in [-0.25, -0.2) is 4.79 Å². The first-order valence-electron chi connectivity index (χ1n) is 10.3. The number of hydrogen-bond acceptors (Lipinski definition) is 5. The van der Waals surface area contributed by atoms with E-state index in [1.165, 1.54) is 24.8 Å². The molecule has 3 heterocycles. The first-order chi connectivity index (χ1) is 14.2. The molecule has 1 aromatic heterocycles. The maximum Gasteiger partial charge on any atom is 0.345 e. The summed E-state index contributed by atoms with van der Waals surface area (Å²) in [5.41, 5.74) is 3.47. The van der Waals surface area contributed by atoms with Crippen molar-refractivity contribution in [3.8, 4) is 11.5 Å². The second-order valence-electron chi connectivity index (χ2n) is 8.27. The molecule has 1 saturated carbocycles. The molecule has 2 aliphatic heterocycles. The van der Waals surface area contributed by atoms with Crippen LogP contribution in [0.1, 0.15) is 48.8 Å². The Bertz CT molecular complexity index is 1220. The maximum atomic E-state index is 12.9. The fourth-order valence-electron chi connectivity index (χ4n) is 4.97. The standard InChI is InChI=1S/C24H21NO4/c26-23-18(10-15-6-2-3-7-19(15)29-23)22-17-12-21-20(27-14-28-21)11-16(17)13-24(25-22)8-4-1-5-9-24/h2-3,6-7,10-12H,1,4-5,8-9,13-14H2. The molecule has 0 unspecified atom stereocenters. The van der Waals surface area contributed by atoms with Gasteiger partial charge in [0.15, 0.2) is 11.5 Å². The number of hydrogen-bond donors (Lipinski definition) is 0. The molecule has 0 bridgehead atoms. The molecule has 3 aliphatic rings. The van der Waals surface area contributed by atoms with Crippen LogP contribution >= 0.6 is 0 Å². The predicted octanol–water partition coefficient (Wildman–Crippen LogP) is 4.62. The smallest absolute Gasteiger partial charge is 0.345 e. The van der Waals surface area contributed by atoms with Crippen molar-refractivity contribution >= 4 is 16.7 Å². The lowest BCUT2D eigenvalue weighted by Crippen LogP contribution is -2.38. The van der Waals surface area contributed by atoms with Gasteiger partial charge in [0.2, 0.25) is 6.79 Å². The highest BCUT2D eigenvalue weighted by Crippen LogP contribution is 2.43. The largest absolute Gasteiger partial charge is 0.454 e. The van der Waals surface area contributed by atoms with Gasteiger partial charge in [0.1, 0.15) is 5.58 Å². The van der Waals surface area contributed by atoms with Gasteiger partial charge in [-0.3, -0.25) is 4.99 Å². The number of benzene rings is 2. The molecule has 0 amide bonds. The van der Waals surface area contributed by atoms with Crippen molar-refractivity contribution in [2.45, 2.75) is 44.1 Å². The molecule has 1 aliphatic carbocycles. The first-order valence-corrected chi connectivity index (χ1v) is 10.3. The Hall–Kier alpha value is -3.08. The van der Waals surface area contributed by atoms with Gasteiger partial charge in [0, 0.05) is 10.9 Å². The monoisotopic (exact) mass is 387 g/mol. The van der Waals surface area contributed by atoms with Gasteiger partial charge in [-0.05, 0) is 49.1 Å². The van der Waals surface area contributed by atoms with E-state index in [1.807, 2.05) is 36.4 Å². The highest BCUT2D eigenvalue weighted by molar-refractivity contribution is 6.15. The zero-order valence-corrected chi connectivity index (χ0v) is 16.1. The molecule has 0 radical (unpaired) electrons. The molecule has 1 spiro atoms. The Labute approximate surface area is 168 Å². The van der Waals surface area contributed by atoms with Crippen LogP contribution < -0.4 is 15.1 Å². The molecule has 6 rings (SSSR count). The van der Waals surface area contributed by atoms with Crippen LogP contribution in [-0.4, -0.2) is 18.0 Å². The molecular weight excluding hydrogens is 366 g/mol. The predicted molar refractivity (Wildman–Crippen MR) is 110 cm³/mol. The summed E-state index contributed by atoms with van der Waals surface area (Å²) < 4.78 is 16.9. The van der Waals surface area contributed by atoms with Crippen LogP contribution in [0.2, 0.25) is 0 Å². The molecule has 0 saturated heterocycles. The summed E-state index contributed by atoms with van der Waals surface area (Å²) in [7, 11) is 0. The van der Waals surface area contributed by atoms with Crippen molar-refractivity contribution in [3.63, 3.8) is 0 Å². The van der Waals surface area contributed by atoms with E-state index in [2.05, 4.69) is 6.07 Å². The Kier molecular flexibility index (Phi) is 3.60. The van der Waals surface area contributed by atoms with Crippen molar-refractivity contribution in [2.24, 2.45) is 4.99 Å². The first kappa shape index (κ1) is 16.8. The third kappa shape index (κ3) is 2.68. The Balaban J connectivity index is 1.60. The molecule has 29 heavy (non-hydrogen) atoms. The quantitative estimate of drug-likeness (QED) is 0.572. The highest BCUT2D eigenvalue weighted by Gasteiger charge is 2.38. The minimum Gasteiger partial charge on any atom is -0.454 e. The van der Waals surface area contributed by atoms with Crippen molar-refractivity contribution in [3.05, 3.63) is 69.6 Å². The number of para-hydroxylation sites is 1. The zero-order valence-electron chi connectivity index (χ0n) is 16.1. The van der Waals surface area contributed by atoms with Crippen LogP contribution in [0.25, 0.3) is 11.0 Å². The summed E-state index contributed by atoms with van der Waals surface area (Å²) in [6.07, 6.45) is 6.55. The van der Waals surface area contributed by atoms with Gasteiger partial charge in [-0.15, -0.1) is 0 Å². The van der Waals surface area contributed by atoms with Crippen LogP contribution in [0, 0.1) is 0 Å². The molecule has 5 heteroatoms. The van der Waals surface area contributed by atoms with Crippen LogP contribution in [0.4, 0.5) is 0 Å². The molecule has 1 fully saturated rings. The van der Waals surface area contributed by atoms with Crippen LogP contribution in [0.3, 0.4) is 0 Å². The molecule has 146 valence electrons. The molecule has 0 N–H and O–H groups in total. The second-order valence-corrected chi connectivity index (χ2v) is 8.27. The molecular formula is C24H21NO4. The third-order valence-electron chi connectivity index (χ3n) is 6.40. The summed E-state index contributed by atoms with van der Waals surface area (Å²) in [5.74, 6) is 1.49. The summed E-state index contributed by atoms with van der Waals surface area (Å²) in [6, 6.07) is 13.6. The fraction of sp³-hybridized carbons (Fsp3) is 0.333. The van der Waals surface area contributed by atoms with Crippen molar-refractivity contribution < 1.29 is 13.9 Å². The van der Waals surface area contributed by atoms with E-state index in [4.69, 9.17) is 18.9 Å². The van der Waals surface area contributed by atoms with E-state index in [1.54, 1.807) is 0 Å².